The maximum absolute atomic E-state index is 12.2. The minimum atomic E-state index is -0.293. The second-order valence-electron chi connectivity index (χ2n) is 5.72. The van der Waals surface area contributed by atoms with E-state index in [1.54, 1.807) is 24.3 Å². The lowest BCUT2D eigenvalue weighted by Crippen LogP contribution is -2.22. The van der Waals surface area contributed by atoms with Crippen molar-refractivity contribution in [3.05, 3.63) is 65.7 Å². The van der Waals surface area contributed by atoms with E-state index >= 15 is 0 Å². The van der Waals surface area contributed by atoms with Gasteiger partial charge in [0.15, 0.2) is 0 Å². The lowest BCUT2D eigenvalue weighted by Gasteiger charge is -2.11. The number of carbonyl (C=O) groups is 2. The Balaban J connectivity index is 2.11. The average molecular weight is 323 g/mol. The molecule has 0 bridgehead atoms. The topological polar surface area (TPSA) is 70.6 Å². The van der Waals surface area contributed by atoms with Gasteiger partial charge >= 0.3 is 0 Å². The van der Waals surface area contributed by atoms with Crippen molar-refractivity contribution in [2.75, 3.05) is 5.32 Å². The zero-order valence-corrected chi connectivity index (χ0v) is 14.0. The van der Waals surface area contributed by atoms with Gasteiger partial charge in [-0.05, 0) is 35.7 Å². The molecular weight excluding hydrogens is 302 g/mol. The summed E-state index contributed by atoms with van der Waals surface area (Å²) in [6.07, 6.45) is 0. The summed E-state index contributed by atoms with van der Waals surface area (Å²) < 4.78 is 0. The van der Waals surface area contributed by atoms with E-state index in [4.69, 9.17) is 0 Å². The largest absolute Gasteiger partial charge is 0.326 e. The van der Waals surface area contributed by atoms with E-state index in [-0.39, 0.29) is 17.7 Å². The van der Waals surface area contributed by atoms with Gasteiger partial charge in [-0.25, -0.2) is 5.43 Å². The van der Waals surface area contributed by atoms with Crippen LogP contribution in [0.25, 0.3) is 0 Å². The molecule has 0 aliphatic rings. The molecule has 0 aromatic heterocycles. The van der Waals surface area contributed by atoms with Crippen molar-refractivity contribution in [1.82, 2.24) is 5.43 Å². The minimum Gasteiger partial charge on any atom is -0.326 e. The smallest absolute Gasteiger partial charge is 0.271 e. The monoisotopic (exact) mass is 323 g/mol. The highest BCUT2D eigenvalue weighted by molar-refractivity contribution is 6.03. The molecule has 0 saturated carbocycles. The highest BCUT2D eigenvalue weighted by Gasteiger charge is 2.10. The van der Waals surface area contributed by atoms with Crippen LogP contribution in [0.1, 0.15) is 36.7 Å². The summed E-state index contributed by atoms with van der Waals surface area (Å²) >= 11 is 0. The van der Waals surface area contributed by atoms with Gasteiger partial charge in [-0.2, -0.15) is 5.10 Å². The van der Waals surface area contributed by atoms with Crippen molar-refractivity contribution in [1.29, 1.82) is 0 Å². The average Bonchev–Trinajstić information content (AvgIpc) is 2.55. The van der Waals surface area contributed by atoms with Crippen LogP contribution in [0.3, 0.4) is 0 Å². The van der Waals surface area contributed by atoms with Crippen LogP contribution in [-0.4, -0.2) is 17.5 Å². The van der Waals surface area contributed by atoms with E-state index in [0.717, 1.165) is 11.3 Å². The fourth-order valence-electron chi connectivity index (χ4n) is 2.22. The van der Waals surface area contributed by atoms with Gasteiger partial charge in [0.1, 0.15) is 0 Å². The molecule has 0 fully saturated rings. The van der Waals surface area contributed by atoms with Crippen LogP contribution in [0.4, 0.5) is 5.69 Å². The molecule has 2 N–H and O–H groups in total. The van der Waals surface area contributed by atoms with Gasteiger partial charge in [0.05, 0.1) is 5.71 Å². The van der Waals surface area contributed by atoms with Crippen LogP contribution in [0.2, 0.25) is 0 Å². The summed E-state index contributed by atoms with van der Waals surface area (Å²) in [7, 11) is 0. The van der Waals surface area contributed by atoms with Crippen LogP contribution in [0, 0.1) is 5.92 Å². The van der Waals surface area contributed by atoms with Crippen LogP contribution in [0.5, 0.6) is 0 Å². The quantitative estimate of drug-likeness (QED) is 0.653. The van der Waals surface area contributed by atoms with E-state index in [1.165, 1.54) is 6.92 Å². The van der Waals surface area contributed by atoms with E-state index in [2.05, 4.69) is 15.8 Å². The number of anilines is 1. The van der Waals surface area contributed by atoms with Crippen molar-refractivity contribution in [3.8, 4) is 0 Å². The molecule has 5 heteroatoms. The fraction of sp³-hybridized carbons (Fsp3) is 0.211. The molecule has 0 unspecified atom stereocenters. The highest BCUT2D eigenvalue weighted by atomic mass is 16.2. The Morgan fingerprint density at radius 3 is 2.08 bits per heavy atom. The summed E-state index contributed by atoms with van der Waals surface area (Å²) in [5.41, 5.74) is 5.52. The number of benzene rings is 2. The molecule has 0 radical (unpaired) electrons. The Morgan fingerprint density at radius 2 is 1.54 bits per heavy atom. The summed E-state index contributed by atoms with van der Waals surface area (Å²) in [5, 5.41) is 6.95. The number of carbonyl (C=O) groups excluding carboxylic acids is 2. The zero-order valence-electron chi connectivity index (χ0n) is 14.0. The Morgan fingerprint density at radius 1 is 0.917 bits per heavy atom. The molecule has 0 atom stereocenters. The van der Waals surface area contributed by atoms with Crippen LogP contribution < -0.4 is 10.7 Å². The molecule has 24 heavy (non-hydrogen) atoms. The second-order valence-corrected chi connectivity index (χ2v) is 5.72. The molecule has 0 aliphatic carbocycles. The SMILES string of the molecule is CC(=O)Nc1ccc(C(=O)NN=C(c2ccccc2)C(C)C)cc1. The third-order valence-corrected chi connectivity index (χ3v) is 3.36. The number of rotatable bonds is 5. The molecule has 0 spiro atoms. The molecule has 124 valence electrons. The molecule has 2 rings (SSSR count). The maximum Gasteiger partial charge on any atom is 0.271 e. The van der Waals surface area contributed by atoms with Crippen molar-refractivity contribution < 1.29 is 9.59 Å². The van der Waals surface area contributed by atoms with Crippen molar-refractivity contribution in [2.45, 2.75) is 20.8 Å². The first kappa shape index (κ1) is 17.4. The molecule has 0 aliphatic heterocycles. The summed E-state index contributed by atoms with van der Waals surface area (Å²) in [6.45, 7) is 5.49. The summed E-state index contributed by atoms with van der Waals surface area (Å²) in [6, 6.07) is 16.4. The van der Waals surface area contributed by atoms with Gasteiger partial charge in [-0.15, -0.1) is 0 Å². The number of amides is 2. The maximum atomic E-state index is 12.2. The minimum absolute atomic E-state index is 0.152. The standard InChI is InChI=1S/C19H21N3O2/c1-13(2)18(15-7-5-4-6-8-15)21-22-19(24)16-9-11-17(12-10-16)20-14(3)23/h4-13H,1-3H3,(H,20,23)(H,22,24). The Bertz CT molecular complexity index is 735. The number of nitrogens with zero attached hydrogens (tertiary/aromatic N) is 1. The Kier molecular flexibility index (Phi) is 5.84. The van der Waals surface area contributed by atoms with Gasteiger partial charge in [-0.1, -0.05) is 44.2 Å². The predicted octanol–water partition coefficient (Wildman–Crippen LogP) is 3.44. The molecule has 0 heterocycles. The molecule has 2 aromatic rings. The van der Waals surface area contributed by atoms with Gasteiger partial charge in [0.25, 0.3) is 5.91 Å². The van der Waals surface area contributed by atoms with E-state index in [9.17, 15) is 9.59 Å². The highest BCUT2D eigenvalue weighted by Crippen LogP contribution is 2.11. The van der Waals surface area contributed by atoms with Gasteiger partial charge in [0.2, 0.25) is 5.91 Å². The molecule has 2 amide bonds. The van der Waals surface area contributed by atoms with Gasteiger partial charge < -0.3 is 5.32 Å². The van der Waals surface area contributed by atoms with E-state index in [0.29, 0.717) is 11.3 Å². The molecule has 5 nitrogen and oxygen atoms in total. The van der Waals surface area contributed by atoms with Crippen LogP contribution in [-0.2, 0) is 4.79 Å². The molecule has 0 saturated heterocycles. The number of nitrogens with one attached hydrogen (secondary N) is 2. The summed E-state index contributed by atoms with van der Waals surface area (Å²) in [4.78, 5) is 23.2. The third kappa shape index (κ3) is 4.78. The van der Waals surface area contributed by atoms with Crippen molar-refractivity contribution in [2.24, 2.45) is 11.0 Å². The van der Waals surface area contributed by atoms with Crippen molar-refractivity contribution in [3.63, 3.8) is 0 Å². The van der Waals surface area contributed by atoms with E-state index < -0.39 is 0 Å². The first-order chi connectivity index (χ1) is 11.5. The lowest BCUT2D eigenvalue weighted by molar-refractivity contribution is -0.114. The third-order valence-electron chi connectivity index (χ3n) is 3.36. The van der Waals surface area contributed by atoms with Gasteiger partial charge in [-0.3, -0.25) is 9.59 Å². The van der Waals surface area contributed by atoms with E-state index in [1.807, 2.05) is 44.2 Å². The Labute approximate surface area is 141 Å². The Hall–Kier alpha value is -2.95. The van der Waals surface area contributed by atoms with Crippen LogP contribution in [0.15, 0.2) is 59.7 Å². The predicted molar refractivity (Wildman–Crippen MR) is 96.0 cm³/mol. The first-order valence-electron chi connectivity index (χ1n) is 7.78. The number of hydrogen-bond acceptors (Lipinski definition) is 3. The molecule has 2 aromatic carbocycles. The lowest BCUT2D eigenvalue weighted by atomic mass is 10.0. The molecular formula is C19H21N3O2. The van der Waals surface area contributed by atoms with Gasteiger partial charge in [0, 0.05) is 18.2 Å². The van der Waals surface area contributed by atoms with Crippen molar-refractivity contribution >= 4 is 23.2 Å². The number of hydrogen-bond donors (Lipinski definition) is 2. The first-order valence-corrected chi connectivity index (χ1v) is 7.78. The zero-order chi connectivity index (χ0) is 17.5. The normalized spacial score (nSPS) is 11.2. The summed E-state index contributed by atoms with van der Waals surface area (Å²) in [5.74, 6) is -0.269. The second kappa shape index (κ2) is 8.06. The number of hydrazone groups is 1. The fourth-order valence-corrected chi connectivity index (χ4v) is 2.22. The van der Waals surface area contributed by atoms with Crippen LogP contribution >= 0.6 is 0 Å².